The zero-order valence-electron chi connectivity index (χ0n) is 7.47. The SMILES string of the molecule is CO/C(C)=C/C(=O)C=C(C)C. The number of methoxy groups -OCH3 is 1. The summed E-state index contributed by atoms with van der Waals surface area (Å²) < 4.78 is 4.81. The van der Waals surface area contributed by atoms with Crippen LogP contribution in [0.4, 0.5) is 0 Å². The van der Waals surface area contributed by atoms with Crippen LogP contribution < -0.4 is 0 Å². The van der Waals surface area contributed by atoms with Gasteiger partial charge in [0, 0.05) is 6.08 Å². The highest BCUT2D eigenvalue weighted by Gasteiger charge is 1.92. The molecular weight excluding hydrogens is 140 g/mol. The first-order valence-corrected chi connectivity index (χ1v) is 3.47. The molecule has 0 aliphatic rings. The van der Waals surface area contributed by atoms with Gasteiger partial charge in [-0.05, 0) is 26.8 Å². The van der Waals surface area contributed by atoms with Crippen LogP contribution >= 0.6 is 0 Å². The van der Waals surface area contributed by atoms with Crippen LogP contribution in [0.3, 0.4) is 0 Å². The Labute approximate surface area is 67.6 Å². The molecule has 0 fully saturated rings. The molecule has 0 aromatic heterocycles. The van der Waals surface area contributed by atoms with Crippen molar-refractivity contribution in [3.8, 4) is 0 Å². The van der Waals surface area contributed by atoms with Gasteiger partial charge in [0.15, 0.2) is 5.78 Å². The van der Waals surface area contributed by atoms with Crippen LogP contribution in [0.2, 0.25) is 0 Å². The number of hydrogen-bond donors (Lipinski definition) is 0. The standard InChI is InChI=1S/C9H14O2/c1-7(2)5-9(10)6-8(3)11-4/h5-6H,1-4H3/b8-6+. The maximum atomic E-state index is 11.0. The van der Waals surface area contributed by atoms with Gasteiger partial charge in [0.25, 0.3) is 0 Å². The minimum absolute atomic E-state index is 0.0237. The molecule has 0 radical (unpaired) electrons. The Balaban J connectivity index is 4.19. The molecule has 0 aromatic carbocycles. The van der Waals surface area contributed by atoms with Crippen molar-refractivity contribution in [2.75, 3.05) is 7.11 Å². The van der Waals surface area contributed by atoms with Gasteiger partial charge >= 0.3 is 0 Å². The van der Waals surface area contributed by atoms with Crippen molar-refractivity contribution in [1.29, 1.82) is 0 Å². The third kappa shape index (κ3) is 5.40. The molecule has 0 rings (SSSR count). The molecule has 2 nitrogen and oxygen atoms in total. The van der Waals surface area contributed by atoms with Crippen LogP contribution in [0.1, 0.15) is 20.8 Å². The summed E-state index contributed by atoms with van der Waals surface area (Å²) in [5, 5.41) is 0. The Morgan fingerprint density at radius 1 is 1.18 bits per heavy atom. The number of rotatable bonds is 3. The molecule has 0 saturated carbocycles. The largest absolute Gasteiger partial charge is 0.501 e. The number of carbonyl (C=O) groups is 1. The zero-order valence-corrected chi connectivity index (χ0v) is 7.47. The predicted octanol–water partition coefficient (Wildman–Crippen LogP) is 2.07. The molecule has 0 aliphatic carbocycles. The molecule has 62 valence electrons. The lowest BCUT2D eigenvalue weighted by Gasteiger charge is -1.95. The van der Waals surface area contributed by atoms with Crippen molar-refractivity contribution in [2.24, 2.45) is 0 Å². The number of ketones is 1. The van der Waals surface area contributed by atoms with E-state index in [1.807, 2.05) is 13.8 Å². The van der Waals surface area contributed by atoms with E-state index < -0.39 is 0 Å². The second-order valence-electron chi connectivity index (χ2n) is 2.58. The van der Waals surface area contributed by atoms with E-state index >= 15 is 0 Å². The monoisotopic (exact) mass is 154 g/mol. The summed E-state index contributed by atoms with van der Waals surface area (Å²) >= 11 is 0. The van der Waals surface area contributed by atoms with Crippen molar-refractivity contribution in [1.82, 2.24) is 0 Å². The molecule has 11 heavy (non-hydrogen) atoms. The number of carbonyl (C=O) groups excluding carboxylic acids is 1. The average Bonchev–Trinajstić information content (AvgIpc) is 1.85. The predicted molar refractivity (Wildman–Crippen MR) is 45.2 cm³/mol. The normalized spacial score (nSPS) is 10.7. The van der Waals surface area contributed by atoms with Gasteiger partial charge in [0.1, 0.15) is 0 Å². The van der Waals surface area contributed by atoms with E-state index in [0.717, 1.165) is 5.57 Å². The van der Waals surface area contributed by atoms with E-state index in [1.165, 1.54) is 6.08 Å². The van der Waals surface area contributed by atoms with E-state index in [1.54, 1.807) is 20.1 Å². The van der Waals surface area contributed by atoms with Gasteiger partial charge in [-0.15, -0.1) is 0 Å². The first kappa shape index (κ1) is 9.95. The summed E-state index contributed by atoms with van der Waals surface area (Å²) in [6.07, 6.45) is 3.04. The van der Waals surface area contributed by atoms with Gasteiger partial charge in [-0.1, -0.05) is 5.57 Å². The Kier molecular flexibility index (Phi) is 4.27. The van der Waals surface area contributed by atoms with Crippen molar-refractivity contribution in [2.45, 2.75) is 20.8 Å². The van der Waals surface area contributed by atoms with Crippen LogP contribution in [-0.4, -0.2) is 12.9 Å². The fourth-order valence-corrected chi connectivity index (χ4v) is 0.585. The second-order valence-corrected chi connectivity index (χ2v) is 2.58. The van der Waals surface area contributed by atoms with Gasteiger partial charge in [0.05, 0.1) is 12.9 Å². The zero-order chi connectivity index (χ0) is 8.85. The van der Waals surface area contributed by atoms with Crippen molar-refractivity contribution >= 4 is 5.78 Å². The van der Waals surface area contributed by atoms with Crippen LogP contribution in [0.5, 0.6) is 0 Å². The molecule has 0 unspecified atom stereocenters. The molecule has 0 bridgehead atoms. The lowest BCUT2D eigenvalue weighted by atomic mass is 10.2. The summed E-state index contributed by atoms with van der Waals surface area (Å²) in [7, 11) is 1.54. The number of allylic oxidation sites excluding steroid dienone is 4. The highest BCUT2D eigenvalue weighted by molar-refractivity contribution is 5.99. The molecule has 0 saturated heterocycles. The summed E-state index contributed by atoms with van der Waals surface area (Å²) in [6, 6.07) is 0. The minimum Gasteiger partial charge on any atom is -0.501 e. The van der Waals surface area contributed by atoms with E-state index in [4.69, 9.17) is 4.74 Å². The highest BCUT2D eigenvalue weighted by Crippen LogP contribution is 1.96. The first-order valence-electron chi connectivity index (χ1n) is 3.47. The first-order chi connectivity index (χ1) is 5.06. The summed E-state index contributed by atoms with van der Waals surface area (Å²) in [6.45, 7) is 5.51. The lowest BCUT2D eigenvalue weighted by Crippen LogP contribution is -1.90. The maximum Gasteiger partial charge on any atom is 0.181 e. The minimum atomic E-state index is -0.0237. The van der Waals surface area contributed by atoms with Gasteiger partial charge in [-0.3, -0.25) is 4.79 Å². The van der Waals surface area contributed by atoms with Crippen LogP contribution in [0.25, 0.3) is 0 Å². The Morgan fingerprint density at radius 3 is 2.09 bits per heavy atom. The van der Waals surface area contributed by atoms with Crippen molar-refractivity contribution in [3.05, 3.63) is 23.5 Å². The van der Waals surface area contributed by atoms with Gasteiger partial charge in [-0.25, -0.2) is 0 Å². The van der Waals surface area contributed by atoms with Crippen LogP contribution in [-0.2, 0) is 9.53 Å². The van der Waals surface area contributed by atoms with E-state index in [-0.39, 0.29) is 5.78 Å². The quantitative estimate of drug-likeness (QED) is 0.459. The average molecular weight is 154 g/mol. The molecule has 2 heteroatoms. The second kappa shape index (κ2) is 4.72. The molecule has 0 heterocycles. The number of hydrogen-bond acceptors (Lipinski definition) is 2. The van der Waals surface area contributed by atoms with Crippen LogP contribution in [0, 0.1) is 0 Å². The molecule has 0 N–H and O–H groups in total. The molecule has 0 amide bonds. The fraction of sp³-hybridized carbons (Fsp3) is 0.444. The number of ether oxygens (including phenoxy) is 1. The topological polar surface area (TPSA) is 26.3 Å². The summed E-state index contributed by atoms with van der Waals surface area (Å²) in [4.78, 5) is 11.0. The van der Waals surface area contributed by atoms with E-state index in [2.05, 4.69) is 0 Å². The molecule has 0 atom stereocenters. The third-order valence-electron chi connectivity index (χ3n) is 1.10. The molecule has 0 aromatic rings. The molecular formula is C9H14O2. The van der Waals surface area contributed by atoms with E-state index in [0.29, 0.717) is 5.76 Å². The maximum absolute atomic E-state index is 11.0. The van der Waals surface area contributed by atoms with Gasteiger partial charge in [-0.2, -0.15) is 0 Å². The molecule has 0 spiro atoms. The molecule has 0 aliphatic heterocycles. The Bertz CT molecular complexity index is 196. The Morgan fingerprint density at radius 2 is 1.73 bits per heavy atom. The fourth-order valence-electron chi connectivity index (χ4n) is 0.585. The smallest absolute Gasteiger partial charge is 0.181 e. The summed E-state index contributed by atoms with van der Waals surface area (Å²) in [5.74, 6) is 0.608. The van der Waals surface area contributed by atoms with Gasteiger partial charge < -0.3 is 4.74 Å². The van der Waals surface area contributed by atoms with Crippen molar-refractivity contribution in [3.63, 3.8) is 0 Å². The third-order valence-corrected chi connectivity index (χ3v) is 1.10. The highest BCUT2D eigenvalue weighted by atomic mass is 16.5. The lowest BCUT2D eigenvalue weighted by molar-refractivity contribution is -0.110. The van der Waals surface area contributed by atoms with E-state index in [9.17, 15) is 4.79 Å². The van der Waals surface area contributed by atoms with Crippen molar-refractivity contribution < 1.29 is 9.53 Å². The Hall–Kier alpha value is -1.05. The van der Waals surface area contributed by atoms with Crippen LogP contribution in [0.15, 0.2) is 23.5 Å². The van der Waals surface area contributed by atoms with Gasteiger partial charge in [0.2, 0.25) is 0 Å². The summed E-state index contributed by atoms with van der Waals surface area (Å²) in [5.41, 5.74) is 0.996.